The number of quaternary nitrogens is 1. The average Bonchev–Trinajstić information content (AvgIpc) is 3.03. The maximum Gasteiger partial charge on any atom is 0.411 e. The summed E-state index contributed by atoms with van der Waals surface area (Å²) >= 11 is 6.34. The number of unbranched alkanes of at least 4 members (excludes halogenated alkanes) is 2. The van der Waals surface area contributed by atoms with Gasteiger partial charge in [-0.15, -0.1) is 0 Å². The van der Waals surface area contributed by atoms with Crippen molar-refractivity contribution in [3.8, 4) is 11.5 Å². The van der Waals surface area contributed by atoms with Gasteiger partial charge in [-0.3, -0.25) is 4.48 Å². The number of amides is 1. The van der Waals surface area contributed by atoms with Gasteiger partial charge in [-0.25, -0.2) is 4.79 Å². The van der Waals surface area contributed by atoms with Gasteiger partial charge in [0.05, 0.1) is 20.1 Å². The Labute approximate surface area is 183 Å². The molecule has 2 aliphatic rings. The molecule has 0 radical (unpaired) electrons. The summed E-state index contributed by atoms with van der Waals surface area (Å²) in [6, 6.07) is 14.1. The van der Waals surface area contributed by atoms with E-state index < -0.39 is 0 Å². The molecular formula is C24H30ClN2O3+. The number of hydrogen-bond acceptors (Lipinski definition) is 3. The van der Waals surface area contributed by atoms with Gasteiger partial charge in [-0.2, -0.15) is 0 Å². The second-order valence-corrected chi connectivity index (χ2v) is 9.15. The van der Waals surface area contributed by atoms with Crippen molar-refractivity contribution < 1.29 is 18.8 Å². The standard InChI is InChI=1S/C24H29ClN2O3/c1-3-4-7-12-26-24(28)29-16-27(2)14-20-18-8-5-6-9-22(18)30-23-11-10-17(25)13-19(23)21(20)15-27/h5-6,8-11,13,20-21H,3-4,7,12,14-16H2,1-2H3/p+1. The highest BCUT2D eigenvalue weighted by Crippen LogP contribution is 2.51. The summed E-state index contributed by atoms with van der Waals surface area (Å²) in [7, 11) is 2.16. The third kappa shape index (κ3) is 4.42. The Hall–Kier alpha value is -2.24. The normalized spacial score (nSPS) is 24.1. The summed E-state index contributed by atoms with van der Waals surface area (Å²) in [6.07, 6.45) is 2.90. The largest absolute Gasteiger partial charge is 0.457 e. The Morgan fingerprint density at radius 1 is 1.13 bits per heavy atom. The van der Waals surface area contributed by atoms with E-state index in [1.165, 1.54) is 5.56 Å². The lowest BCUT2D eigenvalue weighted by Gasteiger charge is -2.29. The van der Waals surface area contributed by atoms with Gasteiger partial charge in [-0.05, 0) is 30.7 Å². The average molecular weight is 430 g/mol. The van der Waals surface area contributed by atoms with Gasteiger partial charge in [0, 0.05) is 34.5 Å². The Kier molecular flexibility index (Phi) is 6.21. The van der Waals surface area contributed by atoms with Gasteiger partial charge >= 0.3 is 6.09 Å². The van der Waals surface area contributed by atoms with Crippen LogP contribution < -0.4 is 10.1 Å². The van der Waals surface area contributed by atoms with E-state index in [-0.39, 0.29) is 17.9 Å². The number of para-hydroxylation sites is 1. The molecule has 0 aliphatic carbocycles. The molecule has 5 nitrogen and oxygen atoms in total. The quantitative estimate of drug-likeness (QED) is 0.477. The maximum atomic E-state index is 12.1. The molecule has 1 fully saturated rings. The van der Waals surface area contributed by atoms with E-state index in [4.69, 9.17) is 21.1 Å². The SMILES string of the molecule is CCCCCNC(=O)OC[N+]1(C)CC2c3ccccc3Oc3ccc(Cl)cc3C2C1. The topological polar surface area (TPSA) is 47.6 Å². The third-order valence-corrected chi connectivity index (χ3v) is 6.46. The van der Waals surface area contributed by atoms with Crippen molar-refractivity contribution in [2.45, 2.75) is 38.0 Å². The predicted molar refractivity (Wildman–Crippen MR) is 118 cm³/mol. The van der Waals surface area contributed by atoms with Gasteiger partial charge < -0.3 is 14.8 Å². The summed E-state index contributed by atoms with van der Waals surface area (Å²) in [5.74, 6) is 2.30. The van der Waals surface area contributed by atoms with Gasteiger partial charge in [0.2, 0.25) is 6.73 Å². The maximum absolute atomic E-state index is 12.1. The number of rotatable bonds is 6. The molecule has 1 amide bonds. The molecule has 6 heteroatoms. The number of halogens is 1. The Morgan fingerprint density at radius 3 is 2.67 bits per heavy atom. The van der Waals surface area contributed by atoms with Crippen LogP contribution in [0.1, 0.15) is 49.1 Å². The minimum atomic E-state index is -0.329. The molecule has 30 heavy (non-hydrogen) atoms. The van der Waals surface area contributed by atoms with Crippen molar-refractivity contribution in [2.24, 2.45) is 0 Å². The molecule has 0 aromatic heterocycles. The summed E-state index contributed by atoms with van der Waals surface area (Å²) < 4.78 is 12.5. The van der Waals surface area contributed by atoms with Crippen LogP contribution in [0.25, 0.3) is 0 Å². The Morgan fingerprint density at radius 2 is 1.87 bits per heavy atom. The van der Waals surface area contributed by atoms with Crippen LogP contribution in [0, 0.1) is 0 Å². The zero-order valence-corrected chi connectivity index (χ0v) is 18.5. The molecule has 2 heterocycles. The summed E-state index contributed by atoms with van der Waals surface area (Å²) in [6.45, 7) is 4.90. The molecule has 1 N–H and O–H groups in total. The van der Waals surface area contributed by atoms with E-state index in [1.54, 1.807) is 0 Å². The highest BCUT2D eigenvalue weighted by Gasteiger charge is 2.48. The van der Waals surface area contributed by atoms with Crippen LogP contribution in [0.15, 0.2) is 42.5 Å². The van der Waals surface area contributed by atoms with Crippen LogP contribution >= 0.6 is 11.6 Å². The lowest BCUT2D eigenvalue weighted by Crippen LogP contribution is -2.45. The van der Waals surface area contributed by atoms with Crippen LogP contribution in [0.2, 0.25) is 5.02 Å². The molecule has 2 aromatic carbocycles. The number of nitrogens with one attached hydrogen (secondary N) is 1. The first-order valence-electron chi connectivity index (χ1n) is 10.8. The van der Waals surface area contributed by atoms with E-state index in [1.807, 2.05) is 30.3 Å². The number of carbonyl (C=O) groups is 1. The van der Waals surface area contributed by atoms with Gasteiger partial charge in [0.15, 0.2) is 0 Å². The fourth-order valence-corrected chi connectivity index (χ4v) is 4.93. The number of hydrogen-bond donors (Lipinski definition) is 1. The van der Waals surface area contributed by atoms with Crippen molar-refractivity contribution >= 4 is 17.7 Å². The summed E-state index contributed by atoms with van der Waals surface area (Å²) in [5.41, 5.74) is 2.34. The van der Waals surface area contributed by atoms with E-state index in [0.29, 0.717) is 22.8 Å². The van der Waals surface area contributed by atoms with E-state index in [0.717, 1.165) is 49.4 Å². The zero-order valence-electron chi connectivity index (χ0n) is 17.7. The first-order chi connectivity index (χ1) is 14.5. The third-order valence-electron chi connectivity index (χ3n) is 6.23. The van der Waals surface area contributed by atoms with Crippen molar-refractivity contribution in [1.29, 1.82) is 0 Å². The molecule has 3 unspecified atom stereocenters. The first-order valence-corrected chi connectivity index (χ1v) is 11.2. The molecule has 2 aliphatic heterocycles. The first kappa shape index (κ1) is 21.0. The summed E-state index contributed by atoms with van der Waals surface area (Å²) in [5, 5.41) is 3.58. The highest BCUT2D eigenvalue weighted by atomic mass is 35.5. The molecule has 4 rings (SSSR count). The minimum absolute atomic E-state index is 0.253. The molecule has 0 spiro atoms. The lowest BCUT2D eigenvalue weighted by atomic mass is 9.84. The summed E-state index contributed by atoms with van der Waals surface area (Å²) in [4.78, 5) is 12.1. The second kappa shape index (κ2) is 8.86. The fourth-order valence-electron chi connectivity index (χ4n) is 4.75. The number of likely N-dealkylation sites (N-methyl/N-ethyl adjacent to an activating group) is 1. The molecule has 0 saturated carbocycles. The van der Waals surface area contributed by atoms with Crippen LogP contribution in [-0.2, 0) is 4.74 Å². The predicted octanol–water partition coefficient (Wildman–Crippen LogP) is 5.65. The Balaban J connectivity index is 1.52. The van der Waals surface area contributed by atoms with Crippen LogP contribution in [-0.4, -0.2) is 44.0 Å². The molecule has 2 aromatic rings. The van der Waals surface area contributed by atoms with Crippen molar-refractivity contribution in [2.75, 3.05) is 33.4 Å². The van der Waals surface area contributed by atoms with Crippen LogP contribution in [0.4, 0.5) is 4.79 Å². The van der Waals surface area contributed by atoms with Crippen molar-refractivity contribution in [1.82, 2.24) is 5.32 Å². The monoisotopic (exact) mass is 429 g/mol. The number of likely N-dealkylation sites (tertiary alicyclic amines) is 1. The number of fused-ring (bicyclic) bond motifs is 5. The zero-order chi connectivity index (χ0) is 21.1. The van der Waals surface area contributed by atoms with Crippen molar-refractivity contribution in [3.05, 3.63) is 58.6 Å². The molecule has 1 saturated heterocycles. The van der Waals surface area contributed by atoms with Gasteiger partial charge in [0.25, 0.3) is 0 Å². The smallest absolute Gasteiger partial charge is 0.411 e. The van der Waals surface area contributed by atoms with Crippen LogP contribution in [0.5, 0.6) is 11.5 Å². The molecule has 3 atom stereocenters. The number of nitrogens with zero attached hydrogens (tertiary/aromatic N) is 1. The number of ether oxygens (including phenoxy) is 2. The minimum Gasteiger partial charge on any atom is -0.457 e. The van der Waals surface area contributed by atoms with E-state index in [2.05, 4.69) is 31.4 Å². The molecule has 160 valence electrons. The Bertz CT molecular complexity index is 919. The second-order valence-electron chi connectivity index (χ2n) is 8.71. The molecular weight excluding hydrogens is 400 g/mol. The van der Waals surface area contributed by atoms with E-state index >= 15 is 0 Å². The fraction of sp³-hybridized carbons (Fsp3) is 0.458. The highest BCUT2D eigenvalue weighted by molar-refractivity contribution is 6.30. The lowest BCUT2D eigenvalue weighted by molar-refractivity contribution is -0.915. The molecule has 0 bridgehead atoms. The number of alkyl carbamates (subject to hydrolysis) is 1. The van der Waals surface area contributed by atoms with Crippen molar-refractivity contribution in [3.63, 3.8) is 0 Å². The van der Waals surface area contributed by atoms with Gasteiger partial charge in [-0.1, -0.05) is 49.6 Å². The number of benzene rings is 2. The van der Waals surface area contributed by atoms with E-state index in [9.17, 15) is 4.79 Å². The van der Waals surface area contributed by atoms with Crippen LogP contribution in [0.3, 0.4) is 0 Å². The number of carbonyl (C=O) groups excluding carboxylic acids is 1. The van der Waals surface area contributed by atoms with Gasteiger partial charge in [0.1, 0.15) is 11.5 Å².